The molecule has 1 aliphatic heterocycles. The number of amides is 9. The number of hydrogen-bond acceptors (Lipinski definition) is 13. The predicted octanol–water partition coefficient (Wildman–Crippen LogP) is 3.29. The number of pyridine rings is 1. The summed E-state index contributed by atoms with van der Waals surface area (Å²) in [6.45, 7) is 10.3. The molecule has 0 saturated heterocycles. The molecule has 1 aliphatic rings. The van der Waals surface area contributed by atoms with Gasteiger partial charge in [0.25, 0.3) is 11.8 Å². The number of carbonyl (C=O) groups excluding carboxylic acids is 7. The second-order valence-corrected chi connectivity index (χ2v) is 18.5. The third kappa shape index (κ3) is 16.7. The zero-order valence-corrected chi connectivity index (χ0v) is 42.0. The van der Waals surface area contributed by atoms with Gasteiger partial charge in [0.1, 0.15) is 36.6 Å². The number of nitrogens with zero attached hydrogens (tertiary/aromatic N) is 5. The predicted molar refractivity (Wildman–Crippen MR) is 271 cm³/mol. The molecule has 394 valence electrons. The monoisotopic (exact) mass is 1010 g/mol. The lowest BCUT2D eigenvalue weighted by Gasteiger charge is -2.27. The van der Waals surface area contributed by atoms with E-state index in [4.69, 9.17) is 25.9 Å². The fraction of sp³-hybridized carbons (Fsp3) is 0.480. The first-order chi connectivity index (χ1) is 34.8. The largest absolute Gasteiger partial charge is 0.465 e. The summed E-state index contributed by atoms with van der Waals surface area (Å²) in [5.74, 6) is -2.24. The molecule has 73 heavy (non-hydrogen) atoms. The molecule has 0 bridgehead atoms. The number of imide groups is 1. The van der Waals surface area contributed by atoms with Gasteiger partial charge in [-0.1, -0.05) is 50.6 Å². The highest BCUT2D eigenvalue weighted by Gasteiger charge is 2.30. The Morgan fingerprint density at radius 2 is 1.58 bits per heavy atom. The maximum Gasteiger partial charge on any atom is 0.408 e. The number of nitrogen functional groups attached to an aromatic ring is 1. The van der Waals surface area contributed by atoms with E-state index in [2.05, 4.69) is 31.6 Å². The molecular formula is C50H68N12O11. The maximum absolute atomic E-state index is 13.7. The number of nitrogens with one attached hydrogen (secondary N) is 5. The van der Waals surface area contributed by atoms with Gasteiger partial charge in [-0.15, -0.1) is 0 Å². The molecule has 0 aliphatic carbocycles. The number of para-hydroxylation sites is 1. The first-order valence-corrected chi connectivity index (χ1v) is 24.3. The van der Waals surface area contributed by atoms with Gasteiger partial charge in [0.2, 0.25) is 23.6 Å². The molecule has 2 aromatic heterocycles. The SMILES string of the molecule is CCOCc1nc2c(N)nc3ccccc3c2n1CC(C)(C)OCCNC(=O)CN(Cc1ccc(NC(=O)C(CCCNC(N)=O)NC(=O)C(NC(=O)CCCCCN2C(=O)C=CC2=O)C(C)C)cc1)C(=O)O. The van der Waals surface area contributed by atoms with Gasteiger partial charge in [-0.05, 0) is 76.1 Å². The summed E-state index contributed by atoms with van der Waals surface area (Å²) < 4.78 is 14.0. The minimum atomic E-state index is -1.33. The van der Waals surface area contributed by atoms with E-state index in [0.717, 1.165) is 26.2 Å². The van der Waals surface area contributed by atoms with Crippen LogP contribution < -0.4 is 38.1 Å². The lowest BCUT2D eigenvalue weighted by molar-refractivity contribution is -0.137. The van der Waals surface area contributed by atoms with Crippen molar-refractivity contribution in [1.29, 1.82) is 0 Å². The van der Waals surface area contributed by atoms with E-state index >= 15 is 0 Å². The number of rotatable bonds is 29. The van der Waals surface area contributed by atoms with E-state index in [1.54, 1.807) is 38.1 Å². The average Bonchev–Trinajstić information content (AvgIpc) is 3.86. The molecule has 0 spiro atoms. The van der Waals surface area contributed by atoms with Crippen molar-refractivity contribution in [3.05, 3.63) is 72.1 Å². The van der Waals surface area contributed by atoms with E-state index in [1.807, 2.05) is 49.6 Å². The Bertz CT molecular complexity index is 2630. The van der Waals surface area contributed by atoms with E-state index in [1.165, 1.54) is 12.2 Å². The van der Waals surface area contributed by atoms with Gasteiger partial charge in [0.05, 0.1) is 29.8 Å². The Kier molecular flexibility index (Phi) is 20.6. The van der Waals surface area contributed by atoms with Crippen LogP contribution in [0.3, 0.4) is 0 Å². The molecule has 10 N–H and O–H groups in total. The van der Waals surface area contributed by atoms with Crippen LogP contribution in [0.2, 0.25) is 0 Å². The number of fused-ring (bicyclic) bond motifs is 3. The second kappa shape index (κ2) is 26.7. The molecule has 0 radical (unpaired) electrons. The van der Waals surface area contributed by atoms with Crippen LogP contribution in [-0.4, -0.2) is 134 Å². The standard InChI is InChI=1S/C50H68N12O11/c1-6-72-29-37-58-43-44(34-13-9-10-14-35(34)56-45(43)51)62(37)30-50(4,5)73-26-24-53-39(64)28-60(49(70)71)27-32-17-19-33(20-18-32)55-46(67)36(15-12-23-54-48(52)69)57-47(68)42(31(2)3)59-38(63)16-8-7-11-25-61-40(65)21-22-41(61)66/h9-10,13-14,17-22,31,36,42H,6-8,11-12,15-16,23-30H2,1-5H3,(H2,51,56)(H,53,64)(H,55,67)(H,57,68)(H,59,63)(H,70,71)(H3,52,54,69). The normalized spacial score (nSPS) is 13.3. The third-order valence-electron chi connectivity index (χ3n) is 11.8. The summed E-state index contributed by atoms with van der Waals surface area (Å²) in [5, 5.41) is 24.3. The van der Waals surface area contributed by atoms with Gasteiger partial charge in [0, 0.05) is 62.4 Å². The van der Waals surface area contributed by atoms with Gasteiger partial charge in [-0.2, -0.15) is 0 Å². The van der Waals surface area contributed by atoms with Crippen LogP contribution in [0, 0.1) is 5.92 Å². The van der Waals surface area contributed by atoms with Gasteiger partial charge >= 0.3 is 12.1 Å². The summed E-state index contributed by atoms with van der Waals surface area (Å²) in [6.07, 6.45) is 3.09. The smallest absolute Gasteiger partial charge is 0.408 e. The highest BCUT2D eigenvalue weighted by molar-refractivity contribution is 6.13. The van der Waals surface area contributed by atoms with Crippen LogP contribution in [0.1, 0.15) is 84.5 Å². The summed E-state index contributed by atoms with van der Waals surface area (Å²) >= 11 is 0. The van der Waals surface area contributed by atoms with Crippen LogP contribution in [-0.2, 0) is 57.9 Å². The third-order valence-corrected chi connectivity index (χ3v) is 11.8. The van der Waals surface area contributed by atoms with Crippen LogP contribution in [0.4, 0.5) is 21.1 Å². The summed E-state index contributed by atoms with van der Waals surface area (Å²) in [6, 6.07) is 11.1. The van der Waals surface area contributed by atoms with Crippen molar-refractivity contribution >= 4 is 81.0 Å². The minimum absolute atomic E-state index is 0.0934. The maximum atomic E-state index is 13.7. The number of nitrogens with two attached hydrogens (primary N) is 2. The summed E-state index contributed by atoms with van der Waals surface area (Å²) in [7, 11) is 0. The van der Waals surface area contributed by atoms with Crippen molar-refractivity contribution in [2.24, 2.45) is 11.7 Å². The topological polar surface area (TPSA) is 325 Å². The van der Waals surface area contributed by atoms with Crippen molar-refractivity contribution in [2.45, 2.75) is 111 Å². The van der Waals surface area contributed by atoms with Crippen molar-refractivity contribution in [1.82, 2.24) is 45.6 Å². The average molecular weight is 1010 g/mol. The highest BCUT2D eigenvalue weighted by Crippen LogP contribution is 2.31. The Morgan fingerprint density at radius 1 is 0.863 bits per heavy atom. The molecule has 5 rings (SSSR count). The van der Waals surface area contributed by atoms with E-state index in [0.29, 0.717) is 60.8 Å². The molecule has 23 heteroatoms. The zero-order valence-electron chi connectivity index (χ0n) is 42.0. The summed E-state index contributed by atoms with van der Waals surface area (Å²) in [5.41, 5.74) is 13.7. The molecule has 9 amide bonds. The molecule has 2 unspecified atom stereocenters. The first kappa shape index (κ1) is 56.3. The number of imidazole rings is 1. The number of hydrogen-bond donors (Lipinski definition) is 8. The van der Waals surface area contributed by atoms with Gasteiger partial charge in [-0.3, -0.25) is 38.6 Å². The number of primary amides is 1. The number of anilines is 2. The quantitative estimate of drug-likeness (QED) is 0.0286. The fourth-order valence-electron chi connectivity index (χ4n) is 8.10. The number of ether oxygens (including phenoxy) is 2. The zero-order chi connectivity index (χ0) is 53.2. The van der Waals surface area contributed by atoms with E-state index in [9.17, 15) is 43.5 Å². The van der Waals surface area contributed by atoms with Gasteiger partial charge < -0.3 is 57.2 Å². The molecular weight excluding hydrogens is 945 g/mol. The number of benzene rings is 2. The Balaban J connectivity index is 1.11. The van der Waals surface area contributed by atoms with E-state index < -0.39 is 54.1 Å². The molecule has 2 aromatic carbocycles. The first-order valence-electron chi connectivity index (χ1n) is 24.3. The highest BCUT2D eigenvalue weighted by atomic mass is 16.5. The molecule has 0 fully saturated rings. The van der Waals surface area contributed by atoms with Crippen LogP contribution >= 0.6 is 0 Å². The number of urea groups is 1. The van der Waals surface area contributed by atoms with Crippen molar-refractivity contribution in [2.75, 3.05) is 50.4 Å². The Hall–Kier alpha value is -7.66. The number of unbranched alkanes of at least 4 members (excludes halogenated alkanes) is 2. The molecule has 23 nitrogen and oxygen atoms in total. The molecule has 0 saturated carbocycles. The van der Waals surface area contributed by atoms with Gasteiger partial charge in [0.15, 0.2) is 5.82 Å². The molecule has 2 atom stereocenters. The Labute approximate surface area is 423 Å². The number of carbonyl (C=O) groups is 8. The Morgan fingerprint density at radius 3 is 2.25 bits per heavy atom. The minimum Gasteiger partial charge on any atom is -0.465 e. The van der Waals surface area contributed by atoms with Crippen molar-refractivity contribution in [3.63, 3.8) is 0 Å². The van der Waals surface area contributed by atoms with Crippen molar-refractivity contribution in [3.8, 4) is 0 Å². The van der Waals surface area contributed by atoms with Crippen LogP contribution in [0.25, 0.3) is 21.9 Å². The van der Waals surface area contributed by atoms with Crippen LogP contribution in [0.15, 0.2) is 60.7 Å². The lowest BCUT2D eigenvalue weighted by Crippen LogP contribution is -2.54. The van der Waals surface area contributed by atoms with Gasteiger partial charge in [-0.25, -0.2) is 19.6 Å². The van der Waals surface area contributed by atoms with Crippen LogP contribution in [0.5, 0.6) is 0 Å². The number of carboxylic acid groups (broad SMARTS) is 1. The fourth-order valence-corrected chi connectivity index (χ4v) is 8.10. The molecule has 3 heterocycles. The summed E-state index contributed by atoms with van der Waals surface area (Å²) in [4.78, 5) is 112. The lowest BCUT2D eigenvalue weighted by atomic mass is 10.0. The van der Waals surface area contributed by atoms with E-state index in [-0.39, 0.29) is 82.3 Å². The van der Waals surface area contributed by atoms with Crippen molar-refractivity contribution < 1.29 is 52.9 Å². The number of aromatic nitrogens is 3. The molecule has 4 aromatic rings. The second-order valence-electron chi connectivity index (χ2n) is 18.5.